The smallest absolute Gasteiger partial charge is 0.335 e. The maximum Gasteiger partial charge on any atom is 0.335 e. The van der Waals surface area contributed by atoms with E-state index in [0.29, 0.717) is 6.54 Å². The van der Waals surface area contributed by atoms with Crippen molar-refractivity contribution < 1.29 is 18.3 Å². The number of carboxylic acid groups (broad SMARTS) is 1. The summed E-state index contributed by atoms with van der Waals surface area (Å²) in [5, 5.41) is 10.2. The Hall–Kier alpha value is -2.31. The molecule has 0 amide bonds. The lowest BCUT2D eigenvalue weighted by Crippen LogP contribution is -2.01. The highest BCUT2D eigenvalue weighted by molar-refractivity contribution is 7.90. The molecule has 0 spiro atoms. The number of aromatic carboxylic acids is 1. The van der Waals surface area contributed by atoms with Crippen molar-refractivity contribution in [1.82, 2.24) is 4.57 Å². The fourth-order valence-corrected chi connectivity index (χ4v) is 3.41. The van der Waals surface area contributed by atoms with E-state index >= 15 is 0 Å². The number of hydrogen-bond acceptors (Lipinski definition) is 3. The Labute approximate surface area is 152 Å². The van der Waals surface area contributed by atoms with Gasteiger partial charge in [0, 0.05) is 29.9 Å². The van der Waals surface area contributed by atoms with E-state index in [1.807, 2.05) is 23.8 Å². The van der Waals surface area contributed by atoms with Gasteiger partial charge in [0.05, 0.1) is 10.5 Å². The summed E-state index contributed by atoms with van der Waals surface area (Å²) in [6.45, 7) is 2.52. The Balaban J connectivity index is 0.00000225. The third kappa shape index (κ3) is 3.86. The quantitative estimate of drug-likeness (QED) is 0.752. The van der Waals surface area contributed by atoms with Crippen LogP contribution in [0.2, 0.25) is 0 Å². The Morgan fingerprint density at radius 3 is 2.32 bits per heavy atom. The van der Waals surface area contributed by atoms with Gasteiger partial charge in [0.1, 0.15) is 0 Å². The van der Waals surface area contributed by atoms with Crippen molar-refractivity contribution in [2.24, 2.45) is 0 Å². The normalized spacial score (nSPS) is 11.3. The SMILES string of the molecule is Cc1cn(Cc2ccc(S(C)(=O)=O)cc2)c2cc(C(=O)O)ccc12.Cl. The fourth-order valence-electron chi connectivity index (χ4n) is 2.78. The van der Waals surface area contributed by atoms with Crippen LogP contribution in [0.5, 0.6) is 0 Å². The highest BCUT2D eigenvalue weighted by atomic mass is 35.5. The Morgan fingerprint density at radius 1 is 1.12 bits per heavy atom. The van der Waals surface area contributed by atoms with Gasteiger partial charge in [-0.25, -0.2) is 13.2 Å². The minimum Gasteiger partial charge on any atom is -0.478 e. The van der Waals surface area contributed by atoms with Crippen LogP contribution in [0, 0.1) is 6.92 Å². The van der Waals surface area contributed by atoms with Gasteiger partial charge < -0.3 is 9.67 Å². The Morgan fingerprint density at radius 2 is 1.76 bits per heavy atom. The highest BCUT2D eigenvalue weighted by Crippen LogP contribution is 2.23. The molecule has 1 heterocycles. The van der Waals surface area contributed by atoms with Crippen LogP contribution in [0.25, 0.3) is 10.9 Å². The van der Waals surface area contributed by atoms with Crippen molar-refractivity contribution in [3.63, 3.8) is 0 Å². The van der Waals surface area contributed by atoms with Crippen molar-refractivity contribution in [2.45, 2.75) is 18.4 Å². The zero-order chi connectivity index (χ0) is 17.5. The molecule has 1 aromatic heterocycles. The number of rotatable bonds is 4. The molecule has 0 aliphatic carbocycles. The first-order valence-corrected chi connectivity index (χ1v) is 9.26. The van der Waals surface area contributed by atoms with Crippen LogP contribution in [0.3, 0.4) is 0 Å². The molecule has 0 saturated carbocycles. The highest BCUT2D eigenvalue weighted by Gasteiger charge is 2.11. The molecular formula is C18H18ClNO4S. The summed E-state index contributed by atoms with van der Waals surface area (Å²) >= 11 is 0. The number of nitrogens with zero attached hydrogens (tertiary/aromatic N) is 1. The number of hydrogen-bond donors (Lipinski definition) is 1. The number of carbonyl (C=O) groups is 1. The van der Waals surface area contributed by atoms with Crippen molar-refractivity contribution in [3.05, 3.63) is 65.4 Å². The predicted molar refractivity (Wildman–Crippen MR) is 99.5 cm³/mol. The van der Waals surface area contributed by atoms with E-state index in [9.17, 15) is 18.3 Å². The molecule has 0 aliphatic rings. The van der Waals surface area contributed by atoms with Gasteiger partial charge in [-0.15, -0.1) is 12.4 Å². The molecule has 0 aliphatic heterocycles. The maximum absolute atomic E-state index is 11.5. The van der Waals surface area contributed by atoms with Gasteiger partial charge in [-0.3, -0.25) is 0 Å². The van der Waals surface area contributed by atoms with E-state index < -0.39 is 15.8 Å². The van der Waals surface area contributed by atoms with Crippen LogP contribution in [0.1, 0.15) is 21.5 Å². The van der Waals surface area contributed by atoms with Gasteiger partial charge in [-0.1, -0.05) is 18.2 Å². The zero-order valence-corrected chi connectivity index (χ0v) is 15.4. The molecule has 132 valence electrons. The van der Waals surface area contributed by atoms with E-state index in [-0.39, 0.29) is 22.9 Å². The van der Waals surface area contributed by atoms with Crippen LogP contribution in [0.4, 0.5) is 0 Å². The minimum atomic E-state index is -3.21. The number of aryl methyl sites for hydroxylation is 1. The average Bonchev–Trinajstić information content (AvgIpc) is 2.83. The third-order valence-corrected chi connectivity index (χ3v) is 5.16. The lowest BCUT2D eigenvalue weighted by atomic mass is 10.1. The van der Waals surface area contributed by atoms with Crippen LogP contribution in [-0.2, 0) is 16.4 Å². The van der Waals surface area contributed by atoms with E-state index in [4.69, 9.17) is 0 Å². The molecule has 0 fully saturated rings. The van der Waals surface area contributed by atoms with Gasteiger partial charge in [0.2, 0.25) is 0 Å². The summed E-state index contributed by atoms with van der Waals surface area (Å²) in [6.07, 6.45) is 3.15. The maximum atomic E-state index is 11.5. The standard InChI is InChI=1S/C18H17NO4S.ClH/c1-12-10-19(17-9-14(18(20)21)5-8-16(12)17)11-13-3-6-15(7-4-13)24(2,22)23;/h3-10H,11H2,1-2H3,(H,20,21);1H. The summed E-state index contributed by atoms with van der Waals surface area (Å²) in [6, 6.07) is 11.8. The number of aromatic nitrogens is 1. The van der Waals surface area contributed by atoms with Gasteiger partial charge in [0.15, 0.2) is 9.84 Å². The molecule has 5 nitrogen and oxygen atoms in total. The number of fused-ring (bicyclic) bond motifs is 1. The average molecular weight is 380 g/mol. The van der Waals surface area contributed by atoms with Gasteiger partial charge >= 0.3 is 5.97 Å². The Bertz CT molecular complexity index is 1040. The summed E-state index contributed by atoms with van der Waals surface area (Å²) in [7, 11) is -3.21. The summed E-state index contributed by atoms with van der Waals surface area (Å²) in [5.41, 5.74) is 3.10. The van der Waals surface area contributed by atoms with Crippen molar-refractivity contribution >= 4 is 39.1 Å². The first kappa shape index (κ1) is 19.0. The molecule has 0 bridgehead atoms. The first-order chi connectivity index (χ1) is 11.3. The second kappa shape index (κ2) is 6.90. The topological polar surface area (TPSA) is 76.4 Å². The molecule has 7 heteroatoms. The summed E-state index contributed by atoms with van der Waals surface area (Å²) in [4.78, 5) is 11.5. The zero-order valence-electron chi connectivity index (χ0n) is 13.8. The lowest BCUT2D eigenvalue weighted by Gasteiger charge is -2.07. The molecule has 0 unspecified atom stereocenters. The van der Waals surface area contributed by atoms with Crippen molar-refractivity contribution in [3.8, 4) is 0 Å². The van der Waals surface area contributed by atoms with Crippen LogP contribution in [0.15, 0.2) is 53.6 Å². The van der Waals surface area contributed by atoms with Crippen LogP contribution < -0.4 is 0 Å². The first-order valence-electron chi connectivity index (χ1n) is 7.37. The van der Waals surface area contributed by atoms with Gasteiger partial charge in [-0.05, 0) is 42.3 Å². The van der Waals surface area contributed by atoms with E-state index in [1.165, 1.54) is 6.26 Å². The molecule has 0 saturated heterocycles. The molecule has 0 radical (unpaired) electrons. The number of halogens is 1. The van der Waals surface area contributed by atoms with E-state index in [1.54, 1.807) is 36.4 Å². The second-order valence-electron chi connectivity index (χ2n) is 5.89. The van der Waals surface area contributed by atoms with Gasteiger partial charge in [0.25, 0.3) is 0 Å². The van der Waals surface area contributed by atoms with Crippen LogP contribution in [-0.4, -0.2) is 30.3 Å². The summed E-state index contributed by atoms with van der Waals surface area (Å²) < 4.78 is 25.0. The largest absolute Gasteiger partial charge is 0.478 e. The molecule has 25 heavy (non-hydrogen) atoms. The lowest BCUT2D eigenvalue weighted by molar-refractivity contribution is 0.0697. The molecule has 3 aromatic rings. The molecule has 0 atom stereocenters. The van der Waals surface area contributed by atoms with Gasteiger partial charge in [-0.2, -0.15) is 0 Å². The molecule has 2 aromatic carbocycles. The minimum absolute atomic E-state index is 0. The predicted octanol–water partition coefficient (Wildman–Crippen LogP) is 3.52. The van der Waals surface area contributed by atoms with E-state index in [2.05, 4.69) is 0 Å². The number of benzene rings is 2. The molecule has 3 rings (SSSR count). The second-order valence-corrected chi connectivity index (χ2v) is 7.91. The summed E-state index contributed by atoms with van der Waals surface area (Å²) in [5.74, 6) is -0.959. The Kier molecular flexibility index (Phi) is 5.25. The van der Waals surface area contributed by atoms with Crippen molar-refractivity contribution in [1.29, 1.82) is 0 Å². The molecule has 1 N–H and O–H groups in total. The monoisotopic (exact) mass is 379 g/mol. The third-order valence-electron chi connectivity index (χ3n) is 4.03. The van der Waals surface area contributed by atoms with E-state index in [0.717, 1.165) is 22.0 Å². The number of carboxylic acids is 1. The number of sulfone groups is 1. The van der Waals surface area contributed by atoms with Crippen LogP contribution >= 0.6 is 12.4 Å². The van der Waals surface area contributed by atoms with Crippen molar-refractivity contribution in [2.75, 3.05) is 6.26 Å². The molecular weight excluding hydrogens is 362 g/mol. The fraction of sp³-hybridized carbons (Fsp3) is 0.167.